The van der Waals surface area contributed by atoms with Gasteiger partial charge in [-0.1, -0.05) is 114 Å². The maximum atomic E-state index is 2.16. The van der Waals surface area contributed by atoms with E-state index in [4.69, 9.17) is 0 Å². The Bertz CT molecular complexity index is 819. The van der Waals surface area contributed by atoms with Crippen molar-refractivity contribution in [3.8, 4) is 0 Å². The highest BCUT2D eigenvalue weighted by Gasteiger charge is 1.92. The first-order valence-corrected chi connectivity index (χ1v) is 8.64. The van der Waals surface area contributed by atoms with Crippen molar-refractivity contribution in [3.63, 3.8) is 0 Å². The molecule has 0 N–H and O–H groups in total. The van der Waals surface area contributed by atoms with Gasteiger partial charge in [-0.2, -0.15) is 0 Å². The van der Waals surface area contributed by atoms with Crippen LogP contribution in [0, 0.1) is 20.8 Å². The van der Waals surface area contributed by atoms with E-state index < -0.39 is 0 Å². The Hall–Kier alpha value is -2.86. The third-order valence-electron chi connectivity index (χ3n) is 3.89. The maximum absolute atomic E-state index is 2.16. The van der Waals surface area contributed by atoms with Gasteiger partial charge in [-0.05, 0) is 37.1 Å². The second-order valence-corrected chi connectivity index (χ2v) is 6.11. The van der Waals surface area contributed by atoms with Crippen molar-refractivity contribution in [1.82, 2.24) is 0 Å². The second-order valence-electron chi connectivity index (χ2n) is 6.11. The van der Waals surface area contributed by atoms with E-state index in [9.17, 15) is 0 Å². The minimum absolute atomic E-state index is 1.32. The predicted octanol–water partition coefficient (Wildman–Crippen LogP) is 7.14. The molecule has 0 amide bonds. The number of fused-ring (bicyclic) bond motifs is 1. The molecule has 0 heteroatoms. The van der Waals surface area contributed by atoms with Crippen molar-refractivity contribution in [2.75, 3.05) is 0 Å². The molecule has 0 atom stereocenters. The first-order chi connectivity index (χ1) is 12.2. The molecule has 25 heavy (non-hydrogen) atoms. The summed E-state index contributed by atoms with van der Waals surface area (Å²) in [4.78, 5) is 0. The third-order valence-corrected chi connectivity index (χ3v) is 3.89. The van der Waals surface area contributed by atoms with E-state index in [1.807, 2.05) is 36.4 Å². The Kier molecular flexibility index (Phi) is 7.46. The molecule has 0 saturated carbocycles. The van der Waals surface area contributed by atoms with E-state index in [0.29, 0.717) is 0 Å². The van der Waals surface area contributed by atoms with Crippen LogP contribution < -0.4 is 0 Å². The molecule has 0 aliphatic carbocycles. The molecule has 0 aliphatic rings. The van der Waals surface area contributed by atoms with Gasteiger partial charge in [-0.25, -0.2) is 0 Å². The molecule has 0 radical (unpaired) electrons. The van der Waals surface area contributed by atoms with E-state index in [-0.39, 0.29) is 0 Å². The normalized spacial score (nSPS) is 9.40. The van der Waals surface area contributed by atoms with Gasteiger partial charge < -0.3 is 0 Å². The molecule has 0 heterocycles. The quantitative estimate of drug-likeness (QED) is 0.322. The van der Waals surface area contributed by atoms with Crippen LogP contribution in [0.2, 0.25) is 0 Å². The summed E-state index contributed by atoms with van der Waals surface area (Å²) in [7, 11) is 0. The molecular formula is C25H26. The van der Waals surface area contributed by atoms with Crippen molar-refractivity contribution in [1.29, 1.82) is 0 Å². The van der Waals surface area contributed by atoms with Crippen LogP contribution in [-0.4, -0.2) is 0 Å². The Labute approximate surface area is 151 Å². The summed E-state index contributed by atoms with van der Waals surface area (Å²) in [6, 6.07) is 35.3. The summed E-state index contributed by atoms with van der Waals surface area (Å²) in [6.07, 6.45) is 0. The SMILES string of the molecule is Cc1cccc2ccccc12.Cc1ccccc1.Cc1ccccc1. The van der Waals surface area contributed by atoms with Gasteiger partial charge >= 0.3 is 0 Å². The smallest absolute Gasteiger partial charge is 0.0155 e. The fraction of sp³-hybridized carbons (Fsp3) is 0.120. The van der Waals surface area contributed by atoms with E-state index in [0.717, 1.165) is 0 Å². The van der Waals surface area contributed by atoms with Gasteiger partial charge in [-0.3, -0.25) is 0 Å². The minimum Gasteiger partial charge on any atom is -0.0622 e. The zero-order valence-corrected chi connectivity index (χ0v) is 15.3. The minimum atomic E-state index is 1.32. The van der Waals surface area contributed by atoms with Crippen molar-refractivity contribution < 1.29 is 0 Å². The molecule has 4 aromatic carbocycles. The van der Waals surface area contributed by atoms with Crippen molar-refractivity contribution in [2.45, 2.75) is 20.8 Å². The molecule has 0 saturated heterocycles. The monoisotopic (exact) mass is 326 g/mol. The number of benzene rings is 4. The summed E-state index contributed by atoms with van der Waals surface area (Å²) < 4.78 is 0. The van der Waals surface area contributed by atoms with Crippen molar-refractivity contribution >= 4 is 10.8 Å². The van der Waals surface area contributed by atoms with Gasteiger partial charge in [0.15, 0.2) is 0 Å². The largest absolute Gasteiger partial charge is 0.0622 e. The number of aryl methyl sites for hydroxylation is 3. The van der Waals surface area contributed by atoms with Gasteiger partial charge in [0.1, 0.15) is 0 Å². The molecule has 0 nitrogen and oxygen atoms in total. The summed E-state index contributed by atoms with van der Waals surface area (Å²) >= 11 is 0. The van der Waals surface area contributed by atoms with Crippen LogP contribution in [0.4, 0.5) is 0 Å². The number of hydrogen-bond acceptors (Lipinski definition) is 0. The summed E-state index contributed by atoms with van der Waals surface area (Å²) in [5.41, 5.74) is 3.99. The fourth-order valence-corrected chi connectivity index (χ4v) is 2.46. The zero-order chi connectivity index (χ0) is 17.9. The maximum Gasteiger partial charge on any atom is -0.0155 e. The average Bonchev–Trinajstić information content (AvgIpc) is 2.65. The highest BCUT2D eigenvalue weighted by molar-refractivity contribution is 5.85. The van der Waals surface area contributed by atoms with Crippen LogP contribution in [0.25, 0.3) is 10.8 Å². The molecule has 0 fully saturated rings. The third kappa shape index (κ3) is 6.64. The second kappa shape index (κ2) is 10.1. The molecular weight excluding hydrogens is 300 g/mol. The standard InChI is InChI=1S/C11H10.2C7H8/c1-9-5-4-7-10-6-2-3-8-11(9)10;2*1-7-5-3-2-4-6-7/h2-8H,1H3;2*2-6H,1H3. The highest BCUT2D eigenvalue weighted by Crippen LogP contribution is 2.16. The zero-order valence-electron chi connectivity index (χ0n) is 15.3. The first kappa shape index (κ1) is 18.5. The number of rotatable bonds is 0. The molecule has 4 aromatic rings. The van der Waals surface area contributed by atoms with Crippen molar-refractivity contribution in [2.24, 2.45) is 0 Å². The van der Waals surface area contributed by atoms with Crippen LogP contribution in [0.1, 0.15) is 16.7 Å². The van der Waals surface area contributed by atoms with Crippen LogP contribution in [0.5, 0.6) is 0 Å². The Morgan fingerprint density at radius 1 is 0.400 bits per heavy atom. The van der Waals surface area contributed by atoms with E-state index in [1.54, 1.807) is 0 Å². The predicted molar refractivity (Wildman–Crippen MR) is 111 cm³/mol. The lowest BCUT2D eigenvalue weighted by Crippen LogP contribution is -1.75. The molecule has 0 spiro atoms. The Morgan fingerprint density at radius 2 is 0.840 bits per heavy atom. The molecule has 0 unspecified atom stereocenters. The Morgan fingerprint density at radius 3 is 1.28 bits per heavy atom. The number of hydrogen-bond donors (Lipinski definition) is 0. The van der Waals surface area contributed by atoms with E-state index in [1.165, 1.54) is 27.5 Å². The Balaban J connectivity index is 0.000000142. The summed E-state index contributed by atoms with van der Waals surface area (Å²) in [5, 5.41) is 2.68. The summed E-state index contributed by atoms with van der Waals surface area (Å²) in [6.45, 7) is 6.31. The van der Waals surface area contributed by atoms with Crippen LogP contribution in [-0.2, 0) is 0 Å². The lowest BCUT2D eigenvalue weighted by molar-refractivity contribution is 1.48. The average molecular weight is 326 g/mol. The van der Waals surface area contributed by atoms with Crippen LogP contribution in [0.3, 0.4) is 0 Å². The lowest BCUT2D eigenvalue weighted by Gasteiger charge is -1.98. The van der Waals surface area contributed by atoms with Crippen molar-refractivity contribution in [3.05, 3.63) is 120 Å². The highest BCUT2D eigenvalue weighted by atomic mass is 14.0. The van der Waals surface area contributed by atoms with Crippen LogP contribution >= 0.6 is 0 Å². The van der Waals surface area contributed by atoms with Crippen LogP contribution in [0.15, 0.2) is 103 Å². The van der Waals surface area contributed by atoms with Gasteiger partial charge in [0, 0.05) is 0 Å². The lowest BCUT2D eigenvalue weighted by atomic mass is 10.1. The molecule has 0 aliphatic heterocycles. The molecule has 4 rings (SSSR count). The van der Waals surface area contributed by atoms with E-state index in [2.05, 4.69) is 87.5 Å². The summed E-state index contributed by atoms with van der Waals surface area (Å²) in [5.74, 6) is 0. The van der Waals surface area contributed by atoms with Gasteiger partial charge in [0.2, 0.25) is 0 Å². The molecule has 0 bridgehead atoms. The fourth-order valence-electron chi connectivity index (χ4n) is 2.46. The molecule has 126 valence electrons. The molecule has 0 aromatic heterocycles. The van der Waals surface area contributed by atoms with Gasteiger partial charge in [0.25, 0.3) is 0 Å². The van der Waals surface area contributed by atoms with E-state index >= 15 is 0 Å². The van der Waals surface area contributed by atoms with Gasteiger partial charge in [-0.15, -0.1) is 0 Å². The first-order valence-electron chi connectivity index (χ1n) is 8.64. The van der Waals surface area contributed by atoms with Gasteiger partial charge in [0.05, 0.1) is 0 Å². The topological polar surface area (TPSA) is 0 Å².